The number of fused-ring (bicyclic) bond motifs is 1. The van der Waals surface area contributed by atoms with Crippen molar-refractivity contribution >= 4 is 34.2 Å². The molecule has 11 heavy (non-hydrogen) atoms. The first-order chi connectivity index (χ1) is 5.27. The van der Waals surface area contributed by atoms with Crippen LogP contribution in [0.15, 0.2) is 28.9 Å². The maximum absolute atomic E-state index is 5.79. The van der Waals surface area contributed by atoms with Gasteiger partial charge in [0.15, 0.2) is 0 Å². The van der Waals surface area contributed by atoms with Crippen LogP contribution in [0.1, 0.15) is 0 Å². The van der Waals surface area contributed by atoms with E-state index >= 15 is 0 Å². The molecule has 0 fully saturated rings. The summed E-state index contributed by atoms with van der Waals surface area (Å²) in [6, 6.07) is 5.36. The maximum atomic E-state index is 5.79. The molecule has 1 aromatic carbocycles. The molecule has 0 radical (unpaired) electrons. The van der Waals surface area contributed by atoms with E-state index in [1.165, 1.54) is 6.26 Å². The minimum absolute atomic E-state index is 0.622. The lowest BCUT2D eigenvalue weighted by Crippen LogP contribution is -1.64. The van der Waals surface area contributed by atoms with E-state index < -0.39 is 0 Å². The lowest BCUT2D eigenvalue weighted by Gasteiger charge is -1.88. The standard InChI is InChI=1S/C8H4Cl2O/c9-5-1-2-6-7(10)4-11-8(6)3-5/h1-4H. The summed E-state index contributed by atoms with van der Waals surface area (Å²) in [6.07, 6.45) is 1.50. The smallest absolute Gasteiger partial charge is 0.136 e. The Labute approximate surface area is 73.5 Å². The first kappa shape index (κ1) is 7.01. The zero-order valence-corrected chi connectivity index (χ0v) is 6.99. The predicted molar refractivity (Wildman–Crippen MR) is 46.2 cm³/mol. The van der Waals surface area contributed by atoms with Crippen molar-refractivity contribution in [2.45, 2.75) is 0 Å². The fourth-order valence-corrected chi connectivity index (χ4v) is 1.33. The second-order valence-electron chi connectivity index (χ2n) is 2.22. The van der Waals surface area contributed by atoms with Gasteiger partial charge in [-0.3, -0.25) is 0 Å². The van der Waals surface area contributed by atoms with Gasteiger partial charge < -0.3 is 4.42 Å². The van der Waals surface area contributed by atoms with Crippen LogP contribution in [0.4, 0.5) is 0 Å². The van der Waals surface area contributed by atoms with Crippen LogP contribution in [-0.2, 0) is 0 Å². The third-order valence-electron chi connectivity index (χ3n) is 1.49. The highest BCUT2D eigenvalue weighted by molar-refractivity contribution is 6.36. The van der Waals surface area contributed by atoms with E-state index in [4.69, 9.17) is 27.6 Å². The topological polar surface area (TPSA) is 13.1 Å². The van der Waals surface area contributed by atoms with Gasteiger partial charge in [0.25, 0.3) is 0 Å². The summed E-state index contributed by atoms with van der Waals surface area (Å²) in [5.74, 6) is 0. The van der Waals surface area contributed by atoms with E-state index in [1.54, 1.807) is 12.1 Å². The molecule has 1 heterocycles. The molecule has 0 unspecified atom stereocenters. The first-order valence-corrected chi connectivity index (χ1v) is 3.85. The van der Waals surface area contributed by atoms with E-state index in [0.29, 0.717) is 10.0 Å². The third kappa shape index (κ3) is 1.10. The molecule has 56 valence electrons. The Hall–Kier alpha value is -0.660. The molecular weight excluding hydrogens is 183 g/mol. The SMILES string of the molecule is Clc1ccc2c(Cl)coc2c1. The van der Waals surface area contributed by atoms with Crippen LogP contribution in [-0.4, -0.2) is 0 Å². The van der Waals surface area contributed by atoms with Crippen molar-refractivity contribution in [1.29, 1.82) is 0 Å². The number of hydrogen-bond acceptors (Lipinski definition) is 1. The zero-order valence-electron chi connectivity index (χ0n) is 5.47. The summed E-state index contributed by atoms with van der Waals surface area (Å²) in [7, 11) is 0. The van der Waals surface area contributed by atoms with Crippen molar-refractivity contribution in [3.05, 3.63) is 34.5 Å². The van der Waals surface area contributed by atoms with Gasteiger partial charge in [0.1, 0.15) is 11.8 Å². The van der Waals surface area contributed by atoms with Crippen LogP contribution >= 0.6 is 23.2 Å². The molecule has 0 N–H and O–H groups in total. The van der Waals surface area contributed by atoms with Gasteiger partial charge in [0, 0.05) is 16.5 Å². The molecule has 0 aliphatic carbocycles. The quantitative estimate of drug-likeness (QED) is 0.612. The molecule has 1 aromatic heterocycles. The van der Waals surface area contributed by atoms with Gasteiger partial charge >= 0.3 is 0 Å². The Balaban J connectivity index is 2.86. The van der Waals surface area contributed by atoms with Crippen LogP contribution in [0.2, 0.25) is 10.0 Å². The summed E-state index contributed by atoms with van der Waals surface area (Å²) in [5.41, 5.74) is 0.725. The minimum Gasteiger partial charge on any atom is -0.463 e. The molecule has 0 aliphatic heterocycles. The molecular formula is C8H4Cl2O. The van der Waals surface area contributed by atoms with E-state index in [2.05, 4.69) is 0 Å². The van der Waals surface area contributed by atoms with Gasteiger partial charge in [-0.15, -0.1) is 0 Å². The van der Waals surface area contributed by atoms with E-state index in [1.807, 2.05) is 6.07 Å². The Kier molecular flexibility index (Phi) is 1.55. The largest absolute Gasteiger partial charge is 0.463 e. The average Bonchev–Trinajstić information content (AvgIpc) is 2.32. The van der Waals surface area contributed by atoms with Crippen molar-refractivity contribution in [2.75, 3.05) is 0 Å². The summed E-state index contributed by atoms with van der Waals surface area (Å²) in [5, 5.41) is 2.18. The second-order valence-corrected chi connectivity index (χ2v) is 3.07. The van der Waals surface area contributed by atoms with Crippen molar-refractivity contribution < 1.29 is 4.42 Å². The molecule has 0 aliphatic rings. The molecule has 0 bridgehead atoms. The summed E-state index contributed by atoms with van der Waals surface area (Å²) in [4.78, 5) is 0. The number of rotatable bonds is 0. The lowest BCUT2D eigenvalue weighted by molar-refractivity contribution is 0.616. The molecule has 0 atom stereocenters. The van der Waals surface area contributed by atoms with Crippen molar-refractivity contribution in [2.24, 2.45) is 0 Å². The van der Waals surface area contributed by atoms with E-state index in [-0.39, 0.29) is 0 Å². The maximum Gasteiger partial charge on any atom is 0.136 e. The van der Waals surface area contributed by atoms with Crippen molar-refractivity contribution in [3.8, 4) is 0 Å². The van der Waals surface area contributed by atoms with Crippen molar-refractivity contribution in [1.82, 2.24) is 0 Å². The van der Waals surface area contributed by atoms with E-state index in [9.17, 15) is 0 Å². The van der Waals surface area contributed by atoms with Crippen LogP contribution < -0.4 is 0 Å². The molecule has 0 saturated heterocycles. The molecule has 0 saturated carbocycles. The molecule has 3 heteroatoms. The summed E-state index contributed by atoms with van der Waals surface area (Å²) >= 11 is 11.5. The summed E-state index contributed by atoms with van der Waals surface area (Å²) < 4.78 is 5.11. The van der Waals surface area contributed by atoms with E-state index in [0.717, 1.165) is 11.0 Å². The predicted octanol–water partition coefficient (Wildman–Crippen LogP) is 3.74. The van der Waals surface area contributed by atoms with Gasteiger partial charge in [0.2, 0.25) is 0 Å². The lowest BCUT2D eigenvalue weighted by atomic mass is 10.3. The first-order valence-electron chi connectivity index (χ1n) is 3.09. The Bertz CT molecular complexity index is 392. The highest BCUT2D eigenvalue weighted by Crippen LogP contribution is 2.27. The molecule has 0 spiro atoms. The normalized spacial score (nSPS) is 10.7. The monoisotopic (exact) mass is 186 g/mol. The third-order valence-corrected chi connectivity index (χ3v) is 2.02. The number of furan rings is 1. The molecule has 0 amide bonds. The molecule has 1 nitrogen and oxygen atoms in total. The molecule has 2 rings (SSSR count). The van der Waals surface area contributed by atoms with Crippen LogP contribution in [0.3, 0.4) is 0 Å². The van der Waals surface area contributed by atoms with Crippen LogP contribution in [0.5, 0.6) is 0 Å². The van der Waals surface area contributed by atoms with Gasteiger partial charge in [-0.2, -0.15) is 0 Å². The number of benzene rings is 1. The number of hydrogen-bond donors (Lipinski definition) is 0. The summed E-state index contributed by atoms with van der Waals surface area (Å²) in [6.45, 7) is 0. The zero-order chi connectivity index (χ0) is 7.84. The highest BCUT2D eigenvalue weighted by atomic mass is 35.5. The van der Waals surface area contributed by atoms with Gasteiger partial charge in [0.05, 0.1) is 5.02 Å². The average molecular weight is 187 g/mol. The van der Waals surface area contributed by atoms with Crippen molar-refractivity contribution in [3.63, 3.8) is 0 Å². The molecule has 2 aromatic rings. The Morgan fingerprint density at radius 2 is 2.00 bits per heavy atom. The fourth-order valence-electron chi connectivity index (χ4n) is 0.970. The number of halogens is 2. The van der Waals surface area contributed by atoms with Crippen LogP contribution in [0.25, 0.3) is 11.0 Å². The Morgan fingerprint density at radius 3 is 2.82 bits per heavy atom. The highest BCUT2D eigenvalue weighted by Gasteiger charge is 2.02. The fraction of sp³-hybridized carbons (Fsp3) is 0. The van der Waals surface area contributed by atoms with Gasteiger partial charge in [-0.1, -0.05) is 23.2 Å². The second kappa shape index (κ2) is 2.43. The Morgan fingerprint density at radius 1 is 1.18 bits per heavy atom. The minimum atomic E-state index is 0.622. The van der Waals surface area contributed by atoms with Crippen LogP contribution in [0, 0.1) is 0 Å². The van der Waals surface area contributed by atoms with Gasteiger partial charge in [-0.25, -0.2) is 0 Å². The van der Waals surface area contributed by atoms with Gasteiger partial charge in [-0.05, 0) is 12.1 Å².